The van der Waals surface area contributed by atoms with Gasteiger partial charge in [0.15, 0.2) is 0 Å². The zero-order valence-corrected chi connectivity index (χ0v) is 24.2. The van der Waals surface area contributed by atoms with Crippen LogP contribution in [0.25, 0.3) is 0 Å². The van der Waals surface area contributed by atoms with Crippen LogP contribution in [-0.2, 0) is 27.1 Å². The maximum absolute atomic E-state index is 13.1. The predicted molar refractivity (Wildman–Crippen MR) is 152 cm³/mol. The Morgan fingerprint density at radius 1 is 1.13 bits per heavy atom. The first-order valence-electron chi connectivity index (χ1n) is 12.9. The molecule has 0 bridgehead atoms. The highest BCUT2D eigenvalue weighted by Crippen LogP contribution is 2.26. The van der Waals surface area contributed by atoms with Gasteiger partial charge in [-0.2, -0.15) is 0 Å². The van der Waals surface area contributed by atoms with Crippen molar-refractivity contribution in [2.75, 3.05) is 59.3 Å². The molecule has 1 aliphatic rings. The molecule has 0 spiro atoms. The summed E-state index contributed by atoms with van der Waals surface area (Å²) in [6.45, 7) is 6.00. The van der Waals surface area contributed by atoms with Gasteiger partial charge in [-0.15, -0.1) is 0 Å². The highest BCUT2D eigenvalue weighted by molar-refractivity contribution is 7.82. The number of nitrogens with zero attached hydrogens (tertiary/aromatic N) is 3. The Kier molecular flexibility index (Phi) is 10.7. The van der Waals surface area contributed by atoms with Crippen LogP contribution in [-0.4, -0.2) is 85.7 Å². The summed E-state index contributed by atoms with van der Waals surface area (Å²) in [4.78, 5) is 29.8. The van der Waals surface area contributed by atoms with E-state index in [1.54, 1.807) is 26.1 Å². The van der Waals surface area contributed by atoms with E-state index < -0.39 is 11.0 Å². The third kappa shape index (κ3) is 7.55. The largest absolute Gasteiger partial charge is 0.497 e. The van der Waals surface area contributed by atoms with Crippen LogP contribution in [0.2, 0.25) is 0 Å². The van der Waals surface area contributed by atoms with Crippen molar-refractivity contribution < 1.29 is 18.5 Å². The lowest BCUT2D eigenvalue weighted by Crippen LogP contribution is -2.42. The zero-order chi connectivity index (χ0) is 27.8. The van der Waals surface area contributed by atoms with E-state index in [1.807, 2.05) is 33.0 Å². The molecule has 9 nitrogen and oxygen atoms in total. The molecule has 2 aromatic carbocycles. The Morgan fingerprint density at radius 2 is 1.79 bits per heavy atom. The first-order chi connectivity index (χ1) is 18.1. The highest BCUT2D eigenvalue weighted by atomic mass is 32.2. The van der Waals surface area contributed by atoms with Crippen LogP contribution in [0.5, 0.6) is 5.75 Å². The molecule has 2 atom stereocenters. The van der Waals surface area contributed by atoms with Crippen molar-refractivity contribution in [3.05, 3.63) is 53.1 Å². The van der Waals surface area contributed by atoms with Crippen LogP contribution in [0.1, 0.15) is 29.5 Å². The van der Waals surface area contributed by atoms with Gasteiger partial charge in [-0.05, 0) is 74.7 Å². The van der Waals surface area contributed by atoms with Crippen LogP contribution in [0.4, 0.5) is 5.69 Å². The van der Waals surface area contributed by atoms with Crippen molar-refractivity contribution in [2.45, 2.75) is 44.2 Å². The van der Waals surface area contributed by atoms with E-state index in [2.05, 4.69) is 39.8 Å². The molecule has 38 heavy (non-hydrogen) atoms. The van der Waals surface area contributed by atoms with Crippen molar-refractivity contribution in [1.82, 2.24) is 19.8 Å². The number of amides is 2. The molecule has 2 N–H and O–H groups in total. The summed E-state index contributed by atoms with van der Waals surface area (Å²) in [5.41, 5.74) is 3.89. The predicted octanol–water partition coefficient (Wildman–Crippen LogP) is 2.23. The summed E-state index contributed by atoms with van der Waals surface area (Å²) < 4.78 is 19.8. The molecule has 1 aliphatic heterocycles. The van der Waals surface area contributed by atoms with E-state index in [-0.39, 0.29) is 24.9 Å². The monoisotopic (exact) mass is 543 g/mol. The first-order valence-corrected chi connectivity index (χ1v) is 14.0. The number of rotatable bonds is 12. The van der Waals surface area contributed by atoms with Gasteiger partial charge >= 0.3 is 0 Å². The minimum atomic E-state index is -1.52. The number of nitrogens with one attached hydrogen (secondary N) is 2. The second kappa shape index (κ2) is 13.7. The average molecular weight is 544 g/mol. The number of aryl methyl sites for hydroxylation is 2. The van der Waals surface area contributed by atoms with Gasteiger partial charge in [-0.1, -0.05) is 12.1 Å². The molecule has 0 aromatic heterocycles. The molecule has 0 radical (unpaired) electrons. The lowest BCUT2D eigenvalue weighted by Gasteiger charge is -2.27. The maximum atomic E-state index is 13.1. The molecule has 1 fully saturated rings. The lowest BCUT2D eigenvalue weighted by molar-refractivity contribution is -0.132. The van der Waals surface area contributed by atoms with Gasteiger partial charge in [0.2, 0.25) is 11.8 Å². The summed E-state index contributed by atoms with van der Waals surface area (Å²) in [5.74, 6) is 0.142. The molecule has 2 unspecified atom stereocenters. The Balaban J connectivity index is 1.47. The number of anilines is 1. The van der Waals surface area contributed by atoms with Gasteiger partial charge in [0, 0.05) is 45.5 Å². The quantitative estimate of drug-likeness (QED) is 0.427. The van der Waals surface area contributed by atoms with Crippen LogP contribution in [0.15, 0.2) is 41.3 Å². The first kappa shape index (κ1) is 29.6. The molecule has 10 heteroatoms. The normalized spacial score (nSPS) is 16.0. The van der Waals surface area contributed by atoms with Crippen molar-refractivity contribution >= 4 is 28.5 Å². The van der Waals surface area contributed by atoms with Crippen molar-refractivity contribution in [3.63, 3.8) is 0 Å². The molecule has 1 heterocycles. The standard InChI is InChI=1S/C28H41N5O4S/c1-20-14-25(37-6)15-21(2)28(20)38(36)32(5)19-26(34)30-17-27(35)31(4)18-22-9-11-23(12-10-22)33-13-7-8-24(33)16-29-3/h9-12,14-15,24,29H,7-8,13,16-19H2,1-6H3,(H,30,34). The molecule has 0 saturated carbocycles. The Labute approximate surface area is 229 Å². The third-order valence-electron chi connectivity index (χ3n) is 6.86. The van der Waals surface area contributed by atoms with Gasteiger partial charge in [0.05, 0.1) is 25.1 Å². The van der Waals surface area contributed by atoms with Crippen LogP contribution >= 0.6 is 0 Å². The van der Waals surface area contributed by atoms with E-state index in [0.29, 0.717) is 23.2 Å². The van der Waals surface area contributed by atoms with Crippen LogP contribution < -0.4 is 20.3 Å². The van der Waals surface area contributed by atoms with Gasteiger partial charge in [0.1, 0.15) is 16.7 Å². The Bertz CT molecular complexity index is 1120. The Morgan fingerprint density at radius 3 is 2.39 bits per heavy atom. The van der Waals surface area contributed by atoms with E-state index in [1.165, 1.54) is 22.8 Å². The highest BCUT2D eigenvalue weighted by Gasteiger charge is 2.24. The van der Waals surface area contributed by atoms with Crippen molar-refractivity contribution in [2.24, 2.45) is 0 Å². The van der Waals surface area contributed by atoms with E-state index in [9.17, 15) is 13.8 Å². The number of methoxy groups -OCH3 is 1. The topological polar surface area (TPSA) is 94.2 Å². The molecule has 2 amide bonds. The van der Waals surface area contributed by atoms with Gasteiger partial charge in [-0.3, -0.25) is 9.59 Å². The summed E-state index contributed by atoms with van der Waals surface area (Å²) in [6, 6.07) is 12.5. The molecular weight excluding hydrogens is 502 g/mol. The van der Waals surface area contributed by atoms with E-state index in [0.717, 1.165) is 29.8 Å². The fourth-order valence-corrected chi connectivity index (χ4v) is 6.08. The minimum absolute atomic E-state index is 0.0962. The van der Waals surface area contributed by atoms with Crippen LogP contribution in [0.3, 0.4) is 0 Å². The van der Waals surface area contributed by atoms with Crippen molar-refractivity contribution in [3.8, 4) is 5.75 Å². The second-order valence-electron chi connectivity index (χ2n) is 9.87. The fourth-order valence-electron chi connectivity index (χ4n) is 4.86. The Hall–Kier alpha value is -2.95. The summed E-state index contributed by atoms with van der Waals surface area (Å²) in [6.07, 6.45) is 2.39. The fraction of sp³-hybridized carbons (Fsp3) is 0.500. The molecule has 1 saturated heterocycles. The van der Waals surface area contributed by atoms with Gasteiger partial charge in [0.25, 0.3) is 0 Å². The number of carbonyl (C=O) groups excluding carboxylic acids is 2. The number of hydrogen-bond donors (Lipinski definition) is 2. The smallest absolute Gasteiger partial charge is 0.242 e. The summed E-state index contributed by atoms with van der Waals surface area (Å²) in [5, 5.41) is 5.93. The summed E-state index contributed by atoms with van der Waals surface area (Å²) in [7, 11) is 5.40. The lowest BCUT2D eigenvalue weighted by atomic mass is 10.1. The number of carbonyl (C=O) groups is 2. The number of benzene rings is 2. The number of likely N-dealkylation sites (N-methyl/N-ethyl adjacent to an activating group) is 3. The molecule has 0 aliphatic carbocycles. The van der Waals surface area contributed by atoms with E-state index >= 15 is 0 Å². The molecule has 2 aromatic rings. The number of ether oxygens (including phenoxy) is 1. The molecule has 3 rings (SSSR count). The zero-order valence-electron chi connectivity index (χ0n) is 23.4. The SMILES string of the molecule is CNCC1CCCN1c1ccc(CN(C)C(=O)CNC(=O)CN(C)S(=O)c2c(C)cc(OC)cc2C)cc1. The van der Waals surface area contributed by atoms with Gasteiger partial charge in [-0.25, -0.2) is 8.51 Å². The third-order valence-corrected chi connectivity index (χ3v) is 8.55. The summed E-state index contributed by atoms with van der Waals surface area (Å²) >= 11 is 0. The average Bonchev–Trinajstić information content (AvgIpc) is 3.35. The number of hydrogen-bond acceptors (Lipinski definition) is 6. The van der Waals surface area contributed by atoms with Gasteiger partial charge < -0.3 is 25.2 Å². The maximum Gasteiger partial charge on any atom is 0.242 e. The van der Waals surface area contributed by atoms with Crippen molar-refractivity contribution in [1.29, 1.82) is 0 Å². The minimum Gasteiger partial charge on any atom is -0.497 e. The molecule has 208 valence electrons. The van der Waals surface area contributed by atoms with Crippen LogP contribution in [0, 0.1) is 13.8 Å². The second-order valence-corrected chi connectivity index (χ2v) is 11.4. The van der Waals surface area contributed by atoms with E-state index in [4.69, 9.17) is 4.74 Å². The molecular formula is C28H41N5O4S.